The number of halogens is 1. The molecular formula is C21H22ClN7O2. The molecular weight excluding hydrogens is 418 g/mol. The van der Waals surface area contributed by atoms with Crippen LogP contribution >= 0.6 is 12.4 Å². The SMILES string of the molecule is COc1ccc2[nH]cc(/C=N/N=C(/N)N/N=C/c3c[nH]c4ccc(OC)cc34)c2c1.Cl. The number of hydrogen-bond acceptors (Lipinski definition) is 5. The molecule has 0 radical (unpaired) electrons. The van der Waals surface area contributed by atoms with Gasteiger partial charge in [-0.3, -0.25) is 0 Å². The summed E-state index contributed by atoms with van der Waals surface area (Å²) in [5.41, 5.74) is 12.2. The summed E-state index contributed by atoms with van der Waals surface area (Å²) in [6.07, 6.45) is 6.96. The van der Waals surface area contributed by atoms with Crippen molar-refractivity contribution in [2.24, 2.45) is 21.0 Å². The van der Waals surface area contributed by atoms with Gasteiger partial charge in [0.2, 0.25) is 5.96 Å². The van der Waals surface area contributed by atoms with Crippen molar-refractivity contribution in [1.29, 1.82) is 0 Å². The number of methoxy groups -OCH3 is 2. The second-order valence-electron chi connectivity index (χ2n) is 6.41. The lowest BCUT2D eigenvalue weighted by atomic mass is 10.2. The number of rotatable bonds is 6. The van der Waals surface area contributed by atoms with Crippen molar-refractivity contribution in [3.8, 4) is 11.5 Å². The van der Waals surface area contributed by atoms with Gasteiger partial charge in [0.05, 0.1) is 26.6 Å². The fraction of sp³-hybridized carbons (Fsp3) is 0.0952. The highest BCUT2D eigenvalue weighted by Gasteiger charge is 2.04. The van der Waals surface area contributed by atoms with Gasteiger partial charge in [-0.05, 0) is 36.4 Å². The molecule has 0 aliphatic heterocycles. The Bertz CT molecular complexity index is 1270. The van der Waals surface area contributed by atoms with Crippen LogP contribution in [0.25, 0.3) is 21.8 Å². The van der Waals surface area contributed by atoms with E-state index in [4.69, 9.17) is 15.2 Å². The molecule has 0 atom stereocenters. The summed E-state index contributed by atoms with van der Waals surface area (Å²) in [6, 6.07) is 11.5. The third-order valence-electron chi connectivity index (χ3n) is 4.59. The van der Waals surface area contributed by atoms with Crippen LogP contribution in [0.2, 0.25) is 0 Å². The van der Waals surface area contributed by atoms with Gasteiger partial charge in [0, 0.05) is 45.3 Å². The highest BCUT2D eigenvalue weighted by Crippen LogP contribution is 2.23. The highest BCUT2D eigenvalue weighted by molar-refractivity contribution is 6.00. The third kappa shape index (κ3) is 4.78. The average molecular weight is 440 g/mol. The maximum absolute atomic E-state index is 5.82. The molecule has 2 aromatic heterocycles. The predicted molar refractivity (Wildman–Crippen MR) is 127 cm³/mol. The minimum absolute atomic E-state index is 0. The molecule has 0 fully saturated rings. The van der Waals surface area contributed by atoms with Gasteiger partial charge in [-0.25, -0.2) is 5.43 Å². The number of H-pyrrole nitrogens is 2. The van der Waals surface area contributed by atoms with Gasteiger partial charge in [0.15, 0.2) is 0 Å². The van der Waals surface area contributed by atoms with Gasteiger partial charge in [0.1, 0.15) is 11.5 Å². The van der Waals surface area contributed by atoms with Crippen molar-refractivity contribution in [3.63, 3.8) is 0 Å². The van der Waals surface area contributed by atoms with Crippen LogP contribution in [0.3, 0.4) is 0 Å². The Morgan fingerprint density at radius 3 is 2.00 bits per heavy atom. The number of nitrogens with zero attached hydrogens (tertiary/aromatic N) is 3. The summed E-state index contributed by atoms with van der Waals surface area (Å²) >= 11 is 0. The number of hydrogen-bond donors (Lipinski definition) is 4. The number of aromatic amines is 2. The van der Waals surface area contributed by atoms with Crippen LogP contribution in [-0.4, -0.2) is 42.6 Å². The molecule has 9 nitrogen and oxygen atoms in total. The van der Waals surface area contributed by atoms with E-state index in [1.54, 1.807) is 26.6 Å². The van der Waals surface area contributed by atoms with Crippen LogP contribution in [0.15, 0.2) is 64.1 Å². The van der Waals surface area contributed by atoms with Crippen LogP contribution in [0.5, 0.6) is 11.5 Å². The standard InChI is InChI=1S/C21H21N7O2.ClH/c1-29-15-3-5-19-17(7-15)13(9-23-19)11-25-27-21(22)28-26-12-14-10-24-20-6-4-16(30-2)8-18(14)20;/h3-12,23-24H,1-2H3,(H3,22,27,28);1H/b25-11+,26-12+;. The molecule has 2 heterocycles. The molecule has 0 unspecified atom stereocenters. The van der Waals surface area contributed by atoms with Gasteiger partial charge >= 0.3 is 0 Å². The monoisotopic (exact) mass is 439 g/mol. The van der Waals surface area contributed by atoms with Crippen molar-refractivity contribution in [2.75, 3.05) is 14.2 Å². The fourth-order valence-corrected chi connectivity index (χ4v) is 3.05. The van der Waals surface area contributed by atoms with E-state index in [-0.39, 0.29) is 18.4 Å². The first kappa shape index (κ1) is 21.7. The lowest BCUT2D eigenvalue weighted by Gasteiger charge is -1.99. The molecule has 10 heteroatoms. The Labute approximate surface area is 184 Å². The molecule has 2 aromatic carbocycles. The minimum atomic E-state index is 0. The molecule has 31 heavy (non-hydrogen) atoms. The number of hydrazone groups is 1. The molecule has 0 saturated heterocycles. The smallest absolute Gasteiger partial charge is 0.234 e. The maximum Gasteiger partial charge on any atom is 0.234 e. The molecule has 4 aromatic rings. The fourth-order valence-electron chi connectivity index (χ4n) is 3.05. The summed E-state index contributed by atoms with van der Waals surface area (Å²) in [4.78, 5) is 6.35. The van der Waals surface area contributed by atoms with E-state index in [1.807, 2.05) is 48.8 Å². The lowest BCUT2D eigenvalue weighted by molar-refractivity contribution is 0.415. The second-order valence-corrected chi connectivity index (χ2v) is 6.41. The van der Waals surface area contributed by atoms with Gasteiger partial charge in [-0.1, -0.05) is 0 Å². The zero-order valence-corrected chi connectivity index (χ0v) is 17.7. The minimum Gasteiger partial charge on any atom is -0.497 e. The quantitative estimate of drug-likeness (QED) is 0.209. The second kappa shape index (κ2) is 9.68. The van der Waals surface area contributed by atoms with Crippen LogP contribution in [0, 0.1) is 0 Å². The molecule has 0 aliphatic carbocycles. The average Bonchev–Trinajstić information content (AvgIpc) is 3.37. The van der Waals surface area contributed by atoms with E-state index in [0.29, 0.717) is 0 Å². The van der Waals surface area contributed by atoms with E-state index in [2.05, 4.69) is 30.7 Å². The van der Waals surface area contributed by atoms with Crippen molar-refractivity contribution < 1.29 is 9.47 Å². The lowest BCUT2D eigenvalue weighted by Crippen LogP contribution is -2.26. The zero-order chi connectivity index (χ0) is 20.9. The van der Waals surface area contributed by atoms with Crippen LogP contribution in [-0.2, 0) is 0 Å². The van der Waals surface area contributed by atoms with Crippen LogP contribution in [0.4, 0.5) is 0 Å². The Kier molecular flexibility index (Phi) is 6.78. The molecule has 5 N–H and O–H groups in total. The van der Waals surface area contributed by atoms with Gasteiger partial charge in [-0.15, -0.1) is 17.5 Å². The Morgan fingerprint density at radius 2 is 1.45 bits per heavy atom. The summed E-state index contributed by atoms with van der Waals surface area (Å²) < 4.78 is 10.5. The summed E-state index contributed by atoms with van der Waals surface area (Å²) in [6.45, 7) is 0. The number of benzene rings is 2. The number of aromatic nitrogens is 2. The first-order valence-corrected chi connectivity index (χ1v) is 9.14. The van der Waals surface area contributed by atoms with E-state index >= 15 is 0 Å². The van der Waals surface area contributed by atoms with E-state index in [9.17, 15) is 0 Å². The van der Waals surface area contributed by atoms with Crippen LogP contribution < -0.4 is 20.6 Å². The summed E-state index contributed by atoms with van der Waals surface area (Å²) in [7, 11) is 3.26. The molecule has 160 valence electrons. The molecule has 0 aliphatic rings. The van der Waals surface area contributed by atoms with Gasteiger partial charge < -0.3 is 25.2 Å². The van der Waals surface area contributed by atoms with Crippen molar-refractivity contribution in [3.05, 3.63) is 59.9 Å². The summed E-state index contributed by atoms with van der Waals surface area (Å²) in [5, 5.41) is 14.0. The normalized spacial score (nSPS) is 12.0. The zero-order valence-electron chi connectivity index (χ0n) is 16.9. The largest absolute Gasteiger partial charge is 0.497 e. The molecule has 0 saturated carbocycles. The number of ether oxygens (including phenoxy) is 2. The Morgan fingerprint density at radius 1 is 0.903 bits per heavy atom. The topological polar surface area (TPSA) is 125 Å². The molecule has 4 rings (SSSR count). The van der Waals surface area contributed by atoms with Crippen molar-refractivity contribution >= 4 is 52.6 Å². The maximum atomic E-state index is 5.82. The van der Waals surface area contributed by atoms with E-state index < -0.39 is 0 Å². The first-order valence-electron chi connectivity index (χ1n) is 9.14. The number of fused-ring (bicyclic) bond motifs is 2. The highest BCUT2D eigenvalue weighted by atomic mass is 35.5. The van der Waals surface area contributed by atoms with Crippen LogP contribution in [0.1, 0.15) is 11.1 Å². The molecule has 0 amide bonds. The number of guanidine groups is 1. The Hall–Kier alpha value is -3.98. The predicted octanol–water partition coefficient (Wildman–Crippen LogP) is 3.36. The Balaban J connectivity index is 0.00000272. The van der Waals surface area contributed by atoms with Crippen molar-refractivity contribution in [1.82, 2.24) is 15.4 Å². The van der Waals surface area contributed by atoms with Crippen molar-refractivity contribution in [2.45, 2.75) is 0 Å². The van der Waals surface area contributed by atoms with Gasteiger partial charge in [0.25, 0.3) is 0 Å². The number of nitrogens with one attached hydrogen (secondary N) is 3. The number of nitrogens with two attached hydrogens (primary N) is 1. The first-order chi connectivity index (χ1) is 14.7. The summed E-state index contributed by atoms with van der Waals surface area (Å²) in [5.74, 6) is 1.61. The van der Waals surface area contributed by atoms with Gasteiger partial charge in [-0.2, -0.15) is 10.2 Å². The molecule has 0 bridgehead atoms. The van der Waals surface area contributed by atoms with E-state index in [0.717, 1.165) is 44.4 Å². The van der Waals surface area contributed by atoms with E-state index in [1.165, 1.54) is 0 Å². The molecule has 0 spiro atoms. The third-order valence-corrected chi connectivity index (χ3v) is 4.59.